The van der Waals surface area contributed by atoms with Gasteiger partial charge in [0.25, 0.3) is 5.91 Å². The lowest BCUT2D eigenvalue weighted by Crippen LogP contribution is -2.27. The van der Waals surface area contributed by atoms with Crippen molar-refractivity contribution < 1.29 is 9.53 Å². The molecule has 0 atom stereocenters. The molecule has 1 heterocycles. The number of rotatable bonds is 5. The minimum atomic E-state index is -0.113. The number of fused-ring (bicyclic) bond motifs is 1. The number of carbonyl (C=O) groups is 1. The first-order valence-corrected chi connectivity index (χ1v) is 10.9. The van der Waals surface area contributed by atoms with Gasteiger partial charge >= 0.3 is 0 Å². The van der Waals surface area contributed by atoms with Gasteiger partial charge in [-0.25, -0.2) is 0 Å². The molecule has 0 spiro atoms. The molecule has 3 aromatic rings. The Morgan fingerprint density at radius 1 is 1.07 bits per heavy atom. The molecule has 0 unspecified atom stereocenters. The van der Waals surface area contributed by atoms with Crippen molar-refractivity contribution in [2.45, 2.75) is 6.92 Å². The van der Waals surface area contributed by atoms with Crippen LogP contribution in [-0.4, -0.2) is 30.9 Å². The van der Waals surface area contributed by atoms with Crippen molar-refractivity contribution in [3.8, 4) is 5.75 Å². The maximum Gasteiger partial charge on any atom is 0.270 e. The minimum absolute atomic E-state index is 0.113. The number of nitrogens with zero attached hydrogens (tertiary/aromatic N) is 2. The lowest BCUT2D eigenvalue weighted by atomic mass is 10.0. The topological polar surface area (TPSA) is 32.8 Å². The van der Waals surface area contributed by atoms with Gasteiger partial charge in [-0.1, -0.05) is 54.3 Å². The van der Waals surface area contributed by atoms with Crippen LogP contribution in [0.25, 0.3) is 16.8 Å². The Balaban J connectivity index is 1.74. The van der Waals surface area contributed by atoms with Gasteiger partial charge in [0.2, 0.25) is 0 Å². The van der Waals surface area contributed by atoms with Crippen LogP contribution in [0.5, 0.6) is 5.75 Å². The predicted molar refractivity (Wildman–Crippen MR) is 132 cm³/mol. The molecule has 1 saturated heterocycles. The third-order valence-corrected chi connectivity index (χ3v) is 6.23. The molecular formula is C24H22N2O2S2. The average Bonchev–Trinajstić information content (AvgIpc) is 3.03. The lowest BCUT2D eigenvalue weighted by molar-refractivity contribution is -0.113. The largest absolute Gasteiger partial charge is 0.493 e. The number of benzene rings is 3. The molecule has 1 fully saturated rings. The fourth-order valence-electron chi connectivity index (χ4n) is 3.43. The smallest absolute Gasteiger partial charge is 0.270 e. The molecule has 4 nitrogen and oxygen atoms in total. The van der Waals surface area contributed by atoms with E-state index in [0.717, 1.165) is 33.5 Å². The molecule has 30 heavy (non-hydrogen) atoms. The SMILES string of the molecule is CCOc1ccc2ccccc2c1/C=C1\SC(=S)N(c2ccc(N(C)C)cc2)C1=O. The Bertz CT molecular complexity index is 1150. The van der Waals surface area contributed by atoms with Crippen molar-refractivity contribution in [3.05, 3.63) is 71.1 Å². The third-order valence-electron chi connectivity index (χ3n) is 4.92. The summed E-state index contributed by atoms with van der Waals surface area (Å²) in [6.45, 7) is 2.51. The van der Waals surface area contributed by atoms with Crippen LogP contribution in [0.3, 0.4) is 0 Å². The van der Waals surface area contributed by atoms with Crippen molar-refractivity contribution in [2.24, 2.45) is 0 Å². The molecule has 1 aliphatic heterocycles. The van der Waals surface area contributed by atoms with Gasteiger partial charge in [0, 0.05) is 25.3 Å². The van der Waals surface area contributed by atoms with Gasteiger partial charge < -0.3 is 9.64 Å². The number of hydrogen-bond donors (Lipinski definition) is 0. The van der Waals surface area contributed by atoms with Gasteiger partial charge in [0.05, 0.1) is 17.2 Å². The van der Waals surface area contributed by atoms with E-state index in [-0.39, 0.29) is 5.91 Å². The van der Waals surface area contributed by atoms with Crippen molar-refractivity contribution in [2.75, 3.05) is 30.5 Å². The van der Waals surface area contributed by atoms with E-state index in [0.29, 0.717) is 15.8 Å². The van der Waals surface area contributed by atoms with Gasteiger partial charge in [-0.15, -0.1) is 0 Å². The normalized spacial score (nSPS) is 15.3. The van der Waals surface area contributed by atoms with Crippen molar-refractivity contribution >= 4 is 62.4 Å². The number of hydrogen-bond acceptors (Lipinski definition) is 5. The quantitative estimate of drug-likeness (QED) is 0.379. The summed E-state index contributed by atoms with van der Waals surface area (Å²) in [5.74, 6) is 0.648. The predicted octanol–water partition coefficient (Wildman–Crippen LogP) is 5.71. The Morgan fingerprint density at radius 2 is 1.80 bits per heavy atom. The monoisotopic (exact) mass is 434 g/mol. The highest BCUT2D eigenvalue weighted by atomic mass is 32.2. The molecule has 0 bridgehead atoms. The van der Waals surface area contributed by atoms with E-state index in [4.69, 9.17) is 17.0 Å². The standard InChI is InChI=1S/C24H22N2O2S2/c1-4-28-21-14-9-16-7-5-6-8-19(16)20(21)15-22-23(27)26(24(29)30-22)18-12-10-17(11-13-18)25(2)3/h5-15H,4H2,1-3H3/b22-15-. The summed E-state index contributed by atoms with van der Waals surface area (Å²) >= 11 is 6.86. The molecule has 0 aliphatic carbocycles. The average molecular weight is 435 g/mol. The van der Waals surface area contributed by atoms with Crippen LogP contribution in [-0.2, 0) is 4.79 Å². The van der Waals surface area contributed by atoms with Crippen LogP contribution in [0.2, 0.25) is 0 Å². The zero-order chi connectivity index (χ0) is 21.3. The molecule has 0 radical (unpaired) electrons. The molecule has 1 aliphatic rings. The number of thioether (sulfide) groups is 1. The number of amides is 1. The number of anilines is 2. The number of carbonyl (C=O) groups excluding carboxylic acids is 1. The summed E-state index contributed by atoms with van der Waals surface area (Å²) in [7, 11) is 3.97. The number of ether oxygens (including phenoxy) is 1. The van der Waals surface area contributed by atoms with Gasteiger partial charge in [0.1, 0.15) is 5.75 Å². The molecule has 1 amide bonds. The van der Waals surface area contributed by atoms with Crippen molar-refractivity contribution in [1.82, 2.24) is 0 Å². The van der Waals surface area contributed by atoms with Gasteiger partial charge in [0.15, 0.2) is 4.32 Å². The Kier molecular flexibility index (Phi) is 5.79. The van der Waals surface area contributed by atoms with Crippen LogP contribution in [0.1, 0.15) is 12.5 Å². The summed E-state index contributed by atoms with van der Waals surface area (Å²) in [4.78, 5) is 17.4. The van der Waals surface area contributed by atoms with E-state index in [2.05, 4.69) is 6.07 Å². The summed E-state index contributed by atoms with van der Waals surface area (Å²) in [6, 6.07) is 19.9. The molecule has 6 heteroatoms. The first-order valence-electron chi connectivity index (χ1n) is 9.69. The van der Waals surface area contributed by atoms with Crippen molar-refractivity contribution in [1.29, 1.82) is 0 Å². The summed E-state index contributed by atoms with van der Waals surface area (Å²) in [6.07, 6.45) is 1.90. The van der Waals surface area contributed by atoms with E-state index in [9.17, 15) is 4.79 Å². The molecule has 4 rings (SSSR count). The second-order valence-electron chi connectivity index (χ2n) is 7.06. The fraction of sp³-hybridized carbons (Fsp3) is 0.167. The molecule has 0 saturated carbocycles. The maximum atomic E-state index is 13.2. The first kappa shape index (κ1) is 20.4. The molecular weight excluding hydrogens is 412 g/mol. The van der Waals surface area contributed by atoms with E-state index in [1.807, 2.05) is 86.6 Å². The highest BCUT2D eigenvalue weighted by molar-refractivity contribution is 8.27. The molecule has 0 aromatic heterocycles. The minimum Gasteiger partial charge on any atom is -0.493 e. The fourth-order valence-corrected chi connectivity index (χ4v) is 4.71. The summed E-state index contributed by atoms with van der Waals surface area (Å²) < 4.78 is 6.38. The Hall–Kier alpha value is -2.83. The van der Waals surface area contributed by atoms with Gasteiger partial charge in [-0.05, 0) is 54.1 Å². The van der Waals surface area contributed by atoms with Crippen LogP contribution in [0.4, 0.5) is 11.4 Å². The van der Waals surface area contributed by atoms with E-state index in [1.165, 1.54) is 11.8 Å². The van der Waals surface area contributed by atoms with Crippen molar-refractivity contribution in [3.63, 3.8) is 0 Å². The molecule has 152 valence electrons. The van der Waals surface area contributed by atoms with Crippen LogP contribution in [0.15, 0.2) is 65.6 Å². The highest BCUT2D eigenvalue weighted by Crippen LogP contribution is 2.39. The first-order chi connectivity index (χ1) is 14.5. The zero-order valence-corrected chi connectivity index (χ0v) is 18.7. The van der Waals surface area contributed by atoms with E-state index >= 15 is 0 Å². The third kappa shape index (κ3) is 3.80. The number of thiocarbonyl (C=S) groups is 1. The second-order valence-corrected chi connectivity index (χ2v) is 8.74. The second kappa shape index (κ2) is 8.50. The van der Waals surface area contributed by atoms with E-state index in [1.54, 1.807) is 4.90 Å². The highest BCUT2D eigenvalue weighted by Gasteiger charge is 2.33. The summed E-state index contributed by atoms with van der Waals surface area (Å²) in [5, 5.41) is 2.14. The van der Waals surface area contributed by atoms with Gasteiger partial charge in [-0.2, -0.15) is 0 Å². The van der Waals surface area contributed by atoms with Crippen LogP contribution < -0.4 is 14.5 Å². The van der Waals surface area contributed by atoms with E-state index < -0.39 is 0 Å². The van der Waals surface area contributed by atoms with Gasteiger partial charge in [-0.3, -0.25) is 9.69 Å². The summed E-state index contributed by atoms with van der Waals surface area (Å²) in [5.41, 5.74) is 2.74. The zero-order valence-electron chi connectivity index (χ0n) is 17.1. The van der Waals surface area contributed by atoms with Crippen LogP contribution in [0, 0.1) is 0 Å². The molecule has 3 aromatic carbocycles. The Labute approximate surface area is 186 Å². The molecule has 0 N–H and O–H groups in total. The lowest BCUT2D eigenvalue weighted by Gasteiger charge is -2.17. The maximum absolute atomic E-state index is 13.2. The van der Waals surface area contributed by atoms with Crippen LogP contribution >= 0.6 is 24.0 Å². The Morgan fingerprint density at radius 3 is 2.50 bits per heavy atom.